The third-order valence-electron chi connectivity index (χ3n) is 8.44. The Morgan fingerprint density at radius 2 is 1.87 bits per heavy atom. The number of hydrogen-bond acceptors (Lipinski definition) is 5. The Labute approximate surface area is 230 Å². The van der Waals surface area contributed by atoms with Crippen LogP contribution in [-0.4, -0.2) is 80.9 Å². The summed E-state index contributed by atoms with van der Waals surface area (Å²) in [6.45, 7) is 16.6. The zero-order chi connectivity index (χ0) is 27.8. The lowest BCUT2D eigenvalue weighted by molar-refractivity contribution is -0.145. The highest BCUT2D eigenvalue weighted by atomic mass is 32.2. The standard InChI is InChI=1S/C30H41N3O4S/c1-7-15-31(16-8-2)27(35)23-22-13-14-30(38-22)24(23)28(36)33(21(6)18-34)26(30)29(37)32(17-9-3)25-19(4)11-10-12-20(25)5/h7,9-12,21-24,26,34H,1,3,8,13-18H2,2,4-6H3/t21-,22-,23+,24+,26?,30?/m1/s1. The van der Waals surface area contributed by atoms with E-state index in [-0.39, 0.29) is 29.6 Å². The minimum atomic E-state index is -0.770. The van der Waals surface area contributed by atoms with Crippen molar-refractivity contribution in [2.45, 2.75) is 69.0 Å². The molecule has 4 rings (SSSR count). The summed E-state index contributed by atoms with van der Waals surface area (Å²) in [5.74, 6) is -1.45. The first-order valence-electron chi connectivity index (χ1n) is 13.7. The highest BCUT2D eigenvalue weighted by Gasteiger charge is 2.74. The molecule has 0 aliphatic carbocycles. The molecule has 3 saturated heterocycles. The fraction of sp³-hybridized carbons (Fsp3) is 0.567. The summed E-state index contributed by atoms with van der Waals surface area (Å²) in [4.78, 5) is 47.9. The number of thioether (sulfide) groups is 1. The van der Waals surface area contributed by atoms with Crippen LogP contribution in [0.5, 0.6) is 0 Å². The van der Waals surface area contributed by atoms with E-state index in [9.17, 15) is 19.5 Å². The second-order valence-corrected chi connectivity index (χ2v) is 12.5. The lowest BCUT2D eigenvalue weighted by Gasteiger charge is -2.39. The molecule has 206 valence electrons. The minimum Gasteiger partial charge on any atom is -0.394 e. The molecule has 1 aromatic rings. The van der Waals surface area contributed by atoms with Crippen LogP contribution < -0.4 is 4.90 Å². The van der Waals surface area contributed by atoms with E-state index in [0.717, 1.165) is 29.7 Å². The summed E-state index contributed by atoms with van der Waals surface area (Å²) in [5.41, 5.74) is 2.76. The van der Waals surface area contributed by atoms with E-state index < -0.39 is 28.7 Å². The van der Waals surface area contributed by atoms with Crippen LogP contribution in [0.1, 0.15) is 44.2 Å². The van der Waals surface area contributed by atoms with Crippen LogP contribution in [0, 0.1) is 25.7 Å². The van der Waals surface area contributed by atoms with E-state index in [4.69, 9.17) is 0 Å². The van der Waals surface area contributed by atoms with Gasteiger partial charge in [0.15, 0.2) is 0 Å². The molecule has 3 aliphatic heterocycles. The van der Waals surface area contributed by atoms with Crippen molar-refractivity contribution >= 4 is 35.2 Å². The second-order valence-electron chi connectivity index (χ2n) is 10.9. The number of likely N-dealkylation sites (tertiary alicyclic amines) is 1. The zero-order valence-corrected chi connectivity index (χ0v) is 23.9. The molecule has 1 N–H and O–H groups in total. The Balaban J connectivity index is 1.81. The van der Waals surface area contributed by atoms with Gasteiger partial charge in [0, 0.05) is 30.6 Å². The number of carbonyl (C=O) groups excluding carboxylic acids is 3. The molecule has 6 atom stereocenters. The van der Waals surface area contributed by atoms with Gasteiger partial charge in [-0.2, -0.15) is 0 Å². The van der Waals surface area contributed by atoms with E-state index in [2.05, 4.69) is 13.2 Å². The topological polar surface area (TPSA) is 81.2 Å². The van der Waals surface area contributed by atoms with Gasteiger partial charge >= 0.3 is 0 Å². The Morgan fingerprint density at radius 1 is 1.21 bits per heavy atom. The molecule has 3 amide bonds. The number of rotatable bonds is 11. The first-order chi connectivity index (χ1) is 18.2. The SMILES string of the molecule is C=CCN(CCC)C(=O)[C@@H]1[C@H]2C(=O)N([C@H](C)CO)C(C(=O)N(CC=C)c3c(C)cccc3C)C23CC[C@H]1S3. The number of nitrogens with zero attached hydrogens (tertiary/aromatic N) is 3. The predicted octanol–water partition coefficient (Wildman–Crippen LogP) is 3.72. The molecule has 38 heavy (non-hydrogen) atoms. The molecule has 2 bridgehead atoms. The van der Waals surface area contributed by atoms with Crippen LogP contribution in [0.25, 0.3) is 0 Å². The van der Waals surface area contributed by atoms with E-state index in [1.165, 1.54) is 0 Å². The van der Waals surface area contributed by atoms with Gasteiger partial charge in [-0.15, -0.1) is 24.9 Å². The Bertz CT molecular complexity index is 1100. The average Bonchev–Trinajstić information content (AvgIpc) is 3.54. The molecule has 8 heteroatoms. The molecule has 0 radical (unpaired) electrons. The lowest BCUT2D eigenvalue weighted by atomic mass is 9.70. The van der Waals surface area contributed by atoms with E-state index in [1.807, 2.05) is 39.0 Å². The van der Waals surface area contributed by atoms with Crippen LogP contribution in [0.15, 0.2) is 43.5 Å². The molecule has 3 heterocycles. The smallest absolute Gasteiger partial charge is 0.251 e. The minimum absolute atomic E-state index is 0.00411. The van der Waals surface area contributed by atoms with Gasteiger partial charge in [-0.05, 0) is 51.2 Å². The molecule has 2 unspecified atom stereocenters. The van der Waals surface area contributed by atoms with Crippen molar-refractivity contribution in [3.05, 3.63) is 54.6 Å². The molecule has 1 spiro atoms. The van der Waals surface area contributed by atoms with Gasteiger partial charge in [0.25, 0.3) is 5.91 Å². The van der Waals surface area contributed by atoms with E-state index >= 15 is 0 Å². The Kier molecular flexibility index (Phi) is 8.43. The van der Waals surface area contributed by atoms with Gasteiger partial charge in [0.2, 0.25) is 11.8 Å². The number of anilines is 1. The van der Waals surface area contributed by atoms with Gasteiger partial charge < -0.3 is 19.8 Å². The molecule has 1 aromatic carbocycles. The van der Waals surface area contributed by atoms with Crippen molar-refractivity contribution in [2.24, 2.45) is 11.8 Å². The number of aliphatic hydroxyl groups excluding tert-OH is 1. The van der Waals surface area contributed by atoms with Gasteiger partial charge in [-0.3, -0.25) is 14.4 Å². The molecular weight excluding hydrogens is 498 g/mol. The number of benzene rings is 1. The van der Waals surface area contributed by atoms with Gasteiger partial charge in [-0.1, -0.05) is 37.3 Å². The van der Waals surface area contributed by atoms with E-state index in [1.54, 1.807) is 45.5 Å². The summed E-state index contributed by atoms with van der Waals surface area (Å²) in [6.07, 6.45) is 5.73. The highest BCUT2D eigenvalue weighted by Crippen LogP contribution is 2.67. The normalized spacial score (nSPS) is 28.2. The quantitative estimate of drug-likeness (QED) is 0.434. The number of para-hydroxylation sites is 1. The summed E-state index contributed by atoms with van der Waals surface area (Å²) >= 11 is 1.66. The summed E-state index contributed by atoms with van der Waals surface area (Å²) in [5, 5.41) is 10.2. The van der Waals surface area contributed by atoms with E-state index in [0.29, 0.717) is 26.1 Å². The van der Waals surface area contributed by atoms with Gasteiger partial charge in [-0.25, -0.2) is 0 Å². The molecular formula is C30H41N3O4S. The van der Waals surface area contributed by atoms with Crippen molar-refractivity contribution in [1.82, 2.24) is 9.80 Å². The van der Waals surface area contributed by atoms with Crippen molar-refractivity contribution < 1.29 is 19.5 Å². The van der Waals surface area contributed by atoms with Crippen molar-refractivity contribution in [1.29, 1.82) is 0 Å². The number of aryl methyl sites for hydroxylation is 2. The fourth-order valence-corrected chi connectivity index (χ4v) is 9.13. The second kappa shape index (κ2) is 11.3. The summed E-state index contributed by atoms with van der Waals surface area (Å²) in [6, 6.07) is 4.61. The first-order valence-corrected chi connectivity index (χ1v) is 14.5. The van der Waals surface area contributed by atoms with Crippen LogP contribution in [0.4, 0.5) is 5.69 Å². The Hall–Kier alpha value is -2.58. The predicted molar refractivity (Wildman–Crippen MR) is 153 cm³/mol. The van der Waals surface area contributed by atoms with Crippen LogP contribution in [0.3, 0.4) is 0 Å². The number of aliphatic hydroxyl groups is 1. The van der Waals surface area contributed by atoms with Crippen molar-refractivity contribution in [3.8, 4) is 0 Å². The molecule has 3 aliphatic rings. The third kappa shape index (κ3) is 4.39. The third-order valence-corrected chi connectivity index (χ3v) is 10.4. The highest BCUT2D eigenvalue weighted by molar-refractivity contribution is 8.02. The van der Waals surface area contributed by atoms with Gasteiger partial charge in [0.1, 0.15) is 6.04 Å². The summed E-state index contributed by atoms with van der Waals surface area (Å²) < 4.78 is -0.704. The van der Waals surface area contributed by atoms with Crippen molar-refractivity contribution in [2.75, 3.05) is 31.1 Å². The Morgan fingerprint density at radius 3 is 2.45 bits per heavy atom. The zero-order valence-electron chi connectivity index (χ0n) is 23.1. The molecule has 3 fully saturated rings. The maximum atomic E-state index is 14.6. The van der Waals surface area contributed by atoms with Gasteiger partial charge in [0.05, 0.1) is 29.2 Å². The summed E-state index contributed by atoms with van der Waals surface area (Å²) in [7, 11) is 0. The maximum absolute atomic E-state index is 14.6. The molecule has 7 nitrogen and oxygen atoms in total. The fourth-order valence-electron chi connectivity index (χ4n) is 6.94. The maximum Gasteiger partial charge on any atom is 0.251 e. The largest absolute Gasteiger partial charge is 0.394 e. The van der Waals surface area contributed by atoms with Crippen molar-refractivity contribution in [3.63, 3.8) is 0 Å². The van der Waals surface area contributed by atoms with Crippen LogP contribution in [0.2, 0.25) is 0 Å². The van der Waals surface area contributed by atoms with Crippen LogP contribution in [-0.2, 0) is 14.4 Å². The molecule has 0 saturated carbocycles. The number of carbonyl (C=O) groups is 3. The number of amides is 3. The lowest BCUT2D eigenvalue weighted by Crippen LogP contribution is -2.57. The monoisotopic (exact) mass is 539 g/mol. The van der Waals surface area contributed by atoms with Crippen LogP contribution >= 0.6 is 11.8 Å². The number of fused-ring (bicyclic) bond motifs is 1. The average molecular weight is 540 g/mol. The first kappa shape index (κ1) is 28.4. The number of hydrogen-bond donors (Lipinski definition) is 1. The molecule has 0 aromatic heterocycles.